The van der Waals surface area contributed by atoms with Crippen molar-refractivity contribution >= 4 is 34.3 Å². The Balaban J connectivity index is 1.40. The summed E-state index contributed by atoms with van der Waals surface area (Å²) in [5.74, 6) is 1.67. The molecule has 0 aliphatic carbocycles. The van der Waals surface area contributed by atoms with Crippen molar-refractivity contribution in [3.8, 4) is 11.5 Å². The highest BCUT2D eigenvalue weighted by molar-refractivity contribution is 8.00. The van der Waals surface area contributed by atoms with Gasteiger partial charge in [-0.1, -0.05) is 23.9 Å². The Labute approximate surface area is 193 Å². The van der Waals surface area contributed by atoms with Crippen LogP contribution in [0.3, 0.4) is 0 Å². The van der Waals surface area contributed by atoms with E-state index in [0.29, 0.717) is 52.2 Å². The Kier molecular flexibility index (Phi) is 5.78. The van der Waals surface area contributed by atoms with E-state index in [0.717, 1.165) is 0 Å². The number of hydrogen-bond acceptors (Lipinski definition) is 7. The van der Waals surface area contributed by atoms with E-state index >= 15 is 0 Å². The Morgan fingerprint density at radius 1 is 1.12 bits per heavy atom. The molecule has 1 amide bonds. The van der Waals surface area contributed by atoms with Crippen molar-refractivity contribution in [1.29, 1.82) is 0 Å². The third kappa shape index (κ3) is 4.45. The zero-order valence-electron chi connectivity index (χ0n) is 17.8. The molecule has 8 nitrogen and oxygen atoms in total. The largest absolute Gasteiger partial charge is 0.486 e. The van der Waals surface area contributed by atoms with Crippen LogP contribution in [0.4, 0.5) is 5.69 Å². The number of benzene rings is 2. The molecule has 0 saturated heterocycles. The number of amides is 1. The number of thioether (sulfide) groups is 1. The van der Waals surface area contributed by atoms with E-state index in [2.05, 4.69) is 10.3 Å². The van der Waals surface area contributed by atoms with Gasteiger partial charge in [-0.3, -0.25) is 14.2 Å². The molecule has 33 heavy (non-hydrogen) atoms. The number of furan rings is 1. The molecule has 0 radical (unpaired) electrons. The fourth-order valence-electron chi connectivity index (χ4n) is 3.51. The maximum absolute atomic E-state index is 13.2. The minimum absolute atomic E-state index is 0.182. The summed E-state index contributed by atoms with van der Waals surface area (Å²) in [6.45, 7) is 2.97. The predicted octanol–water partition coefficient (Wildman–Crippen LogP) is 3.93. The maximum atomic E-state index is 13.2. The SMILES string of the molecule is C[C@H](Sc1nc2ccccc2c(=O)n1Cc1ccco1)C(=O)Nc1ccc2c(c1)OCCO2. The Hall–Kier alpha value is -3.72. The second-order valence-corrected chi connectivity index (χ2v) is 8.80. The van der Waals surface area contributed by atoms with Crippen LogP contribution < -0.4 is 20.3 Å². The molecule has 1 aliphatic rings. The molecule has 0 saturated carbocycles. The van der Waals surface area contributed by atoms with Gasteiger partial charge in [0.1, 0.15) is 19.0 Å². The molecule has 4 aromatic rings. The molecule has 9 heteroatoms. The van der Waals surface area contributed by atoms with Gasteiger partial charge in [0.05, 0.1) is 29.0 Å². The fraction of sp³-hybridized carbons (Fsp3) is 0.208. The summed E-state index contributed by atoms with van der Waals surface area (Å²) in [7, 11) is 0. The number of rotatable bonds is 6. The van der Waals surface area contributed by atoms with E-state index < -0.39 is 5.25 Å². The Bertz CT molecular complexity index is 1370. The van der Waals surface area contributed by atoms with Crippen molar-refractivity contribution in [2.75, 3.05) is 18.5 Å². The molecule has 0 unspecified atom stereocenters. The summed E-state index contributed by atoms with van der Waals surface area (Å²) in [6, 6.07) is 16.0. The van der Waals surface area contributed by atoms with Crippen LogP contribution in [0.1, 0.15) is 12.7 Å². The lowest BCUT2D eigenvalue weighted by Gasteiger charge is -2.19. The molecule has 1 aliphatic heterocycles. The molecule has 2 aromatic carbocycles. The topological polar surface area (TPSA) is 95.6 Å². The number of carbonyl (C=O) groups excluding carboxylic acids is 1. The number of anilines is 1. The molecule has 168 valence electrons. The number of para-hydroxylation sites is 1. The number of aromatic nitrogens is 2. The third-order valence-electron chi connectivity index (χ3n) is 5.18. The first kappa shape index (κ1) is 21.1. The quantitative estimate of drug-likeness (QED) is 0.342. The normalized spacial score (nSPS) is 13.6. The minimum atomic E-state index is -0.519. The molecule has 3 heterocycles. The average Bonchev–Trinajstić information content (AvgIpc) is 3.35. The van der Waals surface area contributed by atoms with Crippen molar-refractivity contribution in [2.24, 2.45) is 0 Å². The van der Waals surface area contributed by atoms with Crippen molar-refractivity contribution < 1.29 is 18.7 Å². The molecule has 1 N–H and O–H groups in total. The van der Waals surface area contributed by atoms with Crippen LogP contribution in [0.5, 0.6) is 11.5 Å². The van der Waals surface area contributed by atoms with Crippen molar-refractivity contribution in [3.63, 3.8) is 0 Å². The standard InChI is InChI=1S/C24H21N3O5S/c1-15(22(28)25-16-8-9-20-21(13-16)32-12-11-31-20)33-24-26-19-7-3-2-6-18(19)23(29)27(24)14-17-5-4-10-30-17/h2-10,13,15H,11-12,14H2,1H3,(H,25,28)/t15-/m0/s1. The monoisotopic (exact) mass is 463 g/mol. The summed E-state index contributed by atoms with van der Waals surface area (Å²) in [4.78, 5) is 30.8. The predicted molar refractivity (Wildman–Crippen MR) is 125 cm³/mol. The van der Waals surface area contributed by atoms with Gasteiger partial charge in [0.25, 0.3) is 5.56 Å². The molecule has 0 spiro atoms. The number of ether oxygens (including phenoxy) is 2. The summed E-state index contributed by atoms with van der Waals surface area (Å²) in [6.07, 6.45) is 1.56. The maximum Gasteiger partial charge on any atom is 0.262 e. The summed E-state index contributed by atoms with van der Waals surface area (Å²) >= 11 is 1.22. The third-order valence-corrected chi connectivity index (χ3v) is 6.27. The lowest BCUT2D eigenvalue weighted by atomic mass is 10.2. The van der Waals surface area contributed by atoms with Crippen LogP contribution in [0.2, 0.25) is 0 Å². The second kappa shape index (κ2) is 9.03. The Morgan fingerprint density at radius 2 is 1.94 bits per heavy atom. The summed E-state index contributed by atoms with van der Waals surface area (Å²) < 4.78 is 18.1. The minimum Gasteiger partial charge on any atom is -0.486 e. The zero-order chi connectivity index (χ0) is 22.8. The molecule has 1 atom stereocenters. The van der Waals surface area contributed by atoms with Gasteiger partial charge in [-0.05, 0) is 43.3 Å². The molecular weight excluding hydrogens is 442 g/mol. The van der Waals surface area contributed by atoms with Gasteiger partial charge >= 0.3 is 0 Å². The van der Waals surface area contributed by atoms with E-state index in [9.17, 15) is 9.59 Å². The van der Waals surface area contributed by atoms with Crippen LogP contribution in [-0.2, 0) is 11.3 Å². The first-order chi connectivity index (χ1) is 16.1. The Morgan fingerprint density at radius 3 is 2.76 bits per heavy atom. The molecular formula is C24H21N3O5S. The van der Waals surface area contributed by atoms with Crippen molar-refractivity contribution in [2.45, 2.75) is 23.9 Å². The van der Waals surface area contributed by atoms with Crippen LogP contribution in [0, 0.1) is 0 Å². The smallest absolute Gasteiger partial charge is 0.262 e. The molecule has 0 fully saturated rings. The molecule has 2 aromatic heterocycles. The van der Waals surface area contributed by atoms with Gasteiger partial charge in [-0.2, -0.15) is 0 Å². The second-order valence-electron chi connectivity index (χ2n) is 7.49. The summed E-state index contributed by atoms with van der Waals surface area (Å²) in [5.41, 5.74) is 1.01. The number of hydrogen-bond donors (Lipinski definition) is 1. The lowest BCUT2D eigenvalue weighted by molar-refractivity contribution is -0.115. The van der Waals surface area contributed by atoms with Crippen LogP contribution in [0.15, 0.2) is 75.2 Å². The van der Waals surface area contributed by atoms with Crippen LogP contribution in [-0.4, -0.2) is 33.9 Å². The van der Waals surface area contributed by atoms with Gasteiger partial charge < -0.3 is 19.2 Å². The van der Waals surface area contributed by atoms with Gasteiger partial charge in [0.15, 0.2) is 16.7 Å². The van der Waals surface area contributed by atoms with E-state index in [1.807, 2.05) is 6.07 Å². The first-order valence-electron chi connectivity index (χ1n) is 10.5. The van der Waals surface area contributed by atoms with E-state index in [1.165, 1.54) is 11.8 Å². The number of nitrogens with zero attached hydrogens (tertiary/aromatic N) is 2. The molecule has 0 bridgehead atoms. The van der Waals surface area contributed by atoms with Crippen LogP contribution in [0.25, 0.3) is 10.9 Å². The average molecular weight is 464 g/mol. The summed E-state index contributed by atoms with van der Waals surface area (Å²) in [5, 5.41) is 3.34. The fourth-order valence-corrected chi connectivity index (χ4v) is 4.42. The zero-order valence-corrected chi connectivity index (χ0v) is 18.6. The highest BCUT2D eigenvalue weighted by atomic mass is 32.2. The van der Waals surface area contributed by atoms with E-state index in [-0.39, 0.29) is 18.0 Å². The first-order valence-corrected chi connectivity index (χ1v) is 11.4. The van der Waals surface area contributed by atoms with E-state index in [4.69, 9.17) is 13.9 Å². The number of fused-ring (bicyclic) bond motifs is 2. The van der Waals surface area contributed by atoms with Crippen LogP contribution >= 0.6 is 11.8 Å². The van der Waals surface area contributed by atoms with E-state index in [1.54, 1.807) is 66.3 Å². The van der Waals surface area contributed by atoms with Crippen molar-refractivity contribution in [3.05, 3.63) is 77.0 Å². The number of nitrogens with one attached hydrogen (secondary N) is 1. The van der Waals surface area contributed by atoms with Gasteiger partial charge in [-0.15, -0.1) is 0 Å². The van der Waals surface area contributed by atoms with Gasteiger partial charge in [-0.25, -0.2) is 4.98 Å². The lowest BCUT2D eigenvalue weighted by Crippen LogP contribution is -2.27. The number of carbonyl (C=O) groups is 1. The van der Waals surface area contributed by atoms with Gasteiger partial charge in [0, 0.05) is 11.8 Å². The highest BCUT2D eigenvalue weighted by Crippen LogP contribution is 2.33. The van der Waals surface area contributed by atoms with Crippen molar-refractivity contribution in [1.82, 2.24) is 9.55 Å². The van der Waals surface area contributed by atoms with Gasteiger partial charge in [0.2, 0.25) is 5.91 Å². The molecule has 5 rings (SSSR count). The highest BCUT2D eigenvalue weighted by Gasteiger charge is 2.21.